The Balaban J connectivity index is 1.83. The molecule has 1 unspecified atom stereocenters. The Bertz CT molecular complexity index is 800. The topological polar surface area (TPSA) is 47.4 Å². The van der Waals surface area contributed by atoms with Crippen molar-refractivity contribution < 1.29 is 9.53 Å². The van der Waals surface area contributed by atoms with Crippen molar-refractivity contribution in [3.05, 3.63) is 52.8 Å². The summed E-state index contributed by atoms with van der Waals surface area (Å²) in [7, 11) is 0. The van der Waals surface area contributed by atoms with Gasteiger partial charge < -0.3 is 4.74 Å². The number of esters is 1. The number of aromatic nitrogens is 2. The van der Waals surface area contributed by atoms with Crippen LogP contribution in [0.15, 0.2) is 30.3 Å². The predicted molar refractivity (Wildman–Crippen MR) is 111 cm³/mol. The Morgan fingerprint density at radius 2 is 1.96 bits per heavy atom. The van der Waals surface area contributed by atoms with Crippen LogP contribution in [0.5, 0.6) is 0 Å². The van der Waals surface area contributed by atoms with Crippen molar-refractivity contribution in [1.29, 1.82) is 0 Å². The molecule has 1 aromatic carbocycles. The minimum Gasteiger partial charge on any atom is -0.466 e. The maximum atomic E-state index is 13.0. The molecule has 0 amide bonds. The van der Waals surface area contributed by atoms with Gasteiger partial charge in [-0.2, -0.15) is 5.10 Å². The number of nitrogens with zero attached hydrogens (tertiary/aromatic N) is 3. The standard InChI is InChI=1S/C23H33N3O2/c1-5-26-19(4)21(18(3)24-26)16-25-14-10-13-23(17-25,22(27)28-6-2)15-20-11-8-7-9-12-20/h7-9,11-12H,5-6,10,13-17H2,1-4H3. The van der Waals surface area contributed by atoms with Crippen LogP contribution in [0.25, 0.3) is 0 Å². The number of carbonyl (C=O) groups excluding carboxylic acids is 1. The Hall–Kier alpha value is -2.14. The van der Waals surface area contributed by atoms with Crippen molar-refractivity contribution in [2.45, 2.75) is 60.0 Å². The molecular weight excluding hydrogens is 350 g/mol. The third-order valence-electron chi connectivity index (χ3n) is 5.96. The lowest BCUT2D eigenvalue weighted by molar-refractivity contribution is -0.159. The Morgan fingerprint density at radius 3 is 2.61 bits per heavy atom. The summed E-state index contributed by atoms with van der Waals surface area (Å²) < 4.78 is 7.61. The van der Waals surface area contributed by atoms with Crippen molar-refractivity contribution in [1.82, 2.24) is 14.7 Å². The molecule has 2 heterocycles. The molecule has 1 aromatic heterocycles. The molecule has 0 N–H and O–H groups in total. The number of hydrogen-bond acceptors (Lipinski definition) is 4. The Morgan fingerprint density at radius 1 is 1.21 bits per heavy atom. The van der Waals surface area contributed by atoms with E-state index in [9.17, 15) is 4.79 Å². The number of carbonyl (C=O) groups is 1. The van der Waals surface area contributed by atoms with Gasteiger partial charge in [0.2, 0.25) is 0 Å². The molecule has 0 radical (unpaired) electrons. The van der Waals surface area contributed by atoms with E-state index >= 15 is 0 Å². The molecule has 3 rings (SSSR count). The van der Waals surface area contributed by atoms with Crippen LogP contribution in [0.4, 0.5) is 0 Å². The first-order chi connectivity index (χ1) is 13.5. The van der Waals surface area contributed by atoms with E-state index in [-0.39, 0.29) is 5.97 Å². The average molecular weight is 384 g/mol. The molecule has 1 aliphatic rings. The van der Waals surface area contributed by atoms with Crippen LogP contribution in [0.2, 0.25) is 0 Å². The first-order valence-corrected chi connectivity index (χ1v) is 10.5. The van der Waals surface area contributed by atoms with Crippen molar-refractivity contribution in [3.8, 4) is 0 Å². The van der Waals surface area contributed by atoms with Crippen LogP contribution in [-0.2, 0) is 29.0 Å². The van der Waals surface area contributed by atoms with Gasteiger partial charge >= 0.3 is 5.97 Å². The maximum Gasteiger partial charge on any atom is 0.313 e. The molecule has 1 aliphatic heterocycles. The number of likely N-dealkylation sites (tertiary alicyclic amines) is 1. The van der Waals surface area contributed by atoms with Crippen LogP contribution < -0.4 is 0 Å². The molecule has 28 heavy (non-hydrogen) atoms. The van der Waals surface area contributed by atoms with Crippen LogP contribution in [0.1, 0.15) is 49.2 Å². The van der Waals surface area contributed by atoms with Gasteiger partial charge in [-0.1, -0.05) is 30.3 Å². The van der Waals surface area contributed by atoms with Crippen LogP contribution >= 0.6 is 0 Å². The van der Waals surface area contributed by atoms with Gasteiger partial charge in [0, 0.05) is 30.9 Å². The van der Waals surface area contributed by atoms with Crippen molar-refractivity contribution in [2.24, 2.45) is 5.41 Å². The lowest BCUT2D eigenvalue weighted by atomic mass is 9.75. The number of ether oxygens (including phenoxy) is 1. The van der Waals surface area contributed by atoms with E-state index in [0.717, 1.165) is 51.1 Å². The van der Waals surface area contributed by atoms with Gasteiger partial charge in [0.1, 0.15) is 0 Å². The summed E-state index contributed by atoms with van der Waals surface area (Å²) in [5, 5.41) is 4.66. The SMILES string of the molecule is CCOC(=O)C1(Cc2ccccc2)CCCN(Cc2c(C)nn(CC)c2C)C1. The summed E-state index contributed by atoms with van der Waals surface area (Å²) in [6.45, 7) is 12.1. The van der Waals surface area contributed by atoms with Crippen LogP contribution in [-0.4, -0.2) is 40.3 Å². The molecule has 1 atom stereocenters. The second-order valence-corrected chi connectivity index (χ2v) is 7.94. The fourth-order valence-electron chi connectivity index (χ4n) is 4.51. The van der Waals surface area contributed by atoms with E-state index in [4.69, 9.17) is 4.74 Å². The lowest BCUT2D eigenvalue weighted by Crippen LogP contribution is -2.49. The maximum absolute atomic E-state index is 13.0. The molecule has 1 fully saturated rings. The number of benzene rings is 1. The molecule has 0 spiro atoms. The predicted octanol–water partition coefficient (Wildman–Crippen LogP) is 3.91. The summed E-state index contributed by atoms with van der Waals surface area (Å²) >= 11 is 0. The zero-order valence-corrected chi connectivity index (χ0v) is 17.7. The minimum absolute atomic E-state index is 0.0544. The van der Waals surface area contributed by atoms with Gasteiger partial charge in [0.05, 0.1) is 17.7 Å². The highest BCUT2D eigenvalue weighted by molar-refractivity contribution is 5.77. The fourth-order valence-corrected chi connectivity index (χ4v) is 4.51. The fraction of sp³-hybridized carbons (Fsp3) is 0.565. The number of piperidine rings is 1. The highest BCUT2D eigenvalue weighted by Crippen LogP contribution is 2.36. The quantitative estimate of drug-likeness (QED) is 0.680. The largest absolute Gasteiger partial charge is 0.466 e. The van der Waals surface area contributed by atoms with Gasteiger partial charge in [-0.25, -0.2) is 0 Å². The minimum atomic E-state index is -0.474. The normalized spacial score (nSPS) is 20.3. The highest BCUT2D eigenvalue weighted by atomic mass is 16.5. The zero-order chi connectivity index (χ0) is 20.1. The van der Waals surface area contributed by atoms with Crippen molar-refractivity contribution in [2.75, 3.05) is 19.7 Å². The Kier molecular flexibility index (Phi) is 6.55. The van der Waals surface area contributed by atoms with Crippen LogP contribution in [0, 0.1) is 19.3 Å². The van der Waals surface area contributed by atoms with Gasteiger partial charge in [0.15, 0.2) is 0 Å². The summed E-state index contributed by atoms with van der Waals surface area (Å²) in [6, 6.07) is 10.3. The van der Waals surface area contributed by atoms with Crippen molar-refractivity contribution in [3.63, 3.8) is 0 Å². The highest BCUT2D eigenvalue weighted by Gasteiger charge is 2.43. The van der Waals surface area contributed by atoms with Gasteiger partial charge in [0.25, 0.3) is 0 Å². The molecule has 152 valence electrons. The summed E-state index contributed by atoms with van der Waals surface area (Å²) in [4.78, 5) is 15.5. The molecule has 1 saturated heterocycles. The lowest BCUT2D eigenvalue weighted by Gasteiger charge is -2.41. The van der Waals surface area contributed by atoms with Gasteiger partial charge in [-0.05, 0) is 59.1 Å². The van der Waals surface area contributed by atoms with E-state index in [1.165, 1.54) is 16.8 Å². The molecule has 5 heteroatoms. The third kappa shape index (κ3) is 4.30. The second-order valence-electron chi connectivity index (χ2n) is 7.94. The molecule has 2 aromatic rings. The number of hydrogen-bond donors (Lipinski definition) is 0. The first-order valence-electron chi connectivity index (χ1n) is 10.5. The number of rotatable bonds is 7. The zero-order valence-electron chi connectivity index (χ0n) is 17.7. The molecule has 5 nitrogen and oxygen atoms in total. The molecule has 0 aliphatic carbocycles. The van der Waals surface area contributed by atoms with E-state index < -0.39 is 5.41 Å². The van der Waals surface area contributed by atoms with Gasteiger partial charge in [-0.3, -0.25) is 14.4 Å². The van der Waals surface area contributed by atoms with E-state index in [1.807, 2.05) is 25.1 Å². The van der Waals surface area contributed by atoms with Crippen LogP contribution in [0.3, 0.4) is 0 Å². The van der Waals surface area contributed by atoms with Crippen molar-refractivity contribution >= 4 is 5.97 Å². The monoisotopic (exact) mass is 383 g/mol. The molecule has 0 saturated carbocycles. The Labute approximate surface area is 168 Å². The first kappa shape index (κ1) is 20.6. The molecular formula is C23H33N3O2. The molecule has 0 bridgehead atoms. The number of aryl methyl sites for hydroxylation is 2. The summed E-state index contributed by atoms with van der Waals surface area (Å²) in [5.74, 6) is -0.0544. The second kappa shape index (κ2) is 8.91. The average Bonchev–Trinajstić information content (AvgIpc) is 2.97. The summed E-state index contributed by atoms with van der Waals surface area (Å²) in [5.41, 5.74) is 4.34. The third-order valence-corrected chi connectivity index (χ3v) is 5.96. The van der Waals surface area contributed by atoms with Gasteiger partial charge in [-0.15, -0.1) is 0 Å². The van der Waals surface area contributed by atoms with E-state index in [2.05, 4.69) is 47.6 Å². The smallest absolute Gasteiger partial charge is 0.313 e. The van der Waals surface area contributed by atoms with E-state index in [0.29, 0.717) is 6.61 Å². The van der Waals surface area contributed by atoms with E-state index in [1.54, 1.807) is 0 Å². The summed E-state index contributed by atoms with van der Waals surface area (Å²) in [6.07, 6.45) is 2.62.